The van der Waals surface area contributed by atoms with Crippen LogP contribution in [-0.2, 0) is 9.47 Å². The Morgan fingerprint density at radius 1 is 1.24 bits per heavy atom. The molecule has 2 aliphatic rings. The molecule has 5 rings (SSSR count). The van der Waals surface area contributed by atoms with Gasteiger partial charge in [0.05, 0.1) is 30.2 Å². The van der Waals surface area contributed by atoms with E-state index in [2.05, 4.69) is 45.9 Å². The van der Waals surface area contributed by atoms with E-state index in [0.717, 1.165) is 61.4 Å². The van der Waals surface area contributed by atoms with Crippen molar-refractivity contribution in [1.82, 2.24) is 19.7 Å². The molecule has 4 heterocycles. The highest BCUT2D eigenvalue weighted by molar-refractivity contribution is 5.84. The standard InChI is InChI=1S/C26H34N6O2/c1-19-13-21-15-27-25(29-22-16-28-32(17-22)20(2)5-4-11-33-3)30-23(21)14-24(19)31-9-6-26(7-10-31)8-12-34-18-26/h13-17H,2,4-12,18H2,1,3H3,(H,27,29,30). The van der Waals surface area contributed by atoms with Gasteiger partial charge in [-0.15, -0.1) is 0 Å². The number of hydrogen-bond acceptors (Lipinski definition) is 7. The predicted molar refractivity (Wildman–Crippen MR) is 136 cm³/mol. The smallest absolute Gasteiger partial charge is 0.227 e. The molecule has 8 nitrogen and oxygen atoms in total. The van der Waals surface area contributed by atoms with Crippen LogP contribution in [0.2, 0.25) is 0 Å². The van der Waals surface area contributed by atoms with Crippen LogP contribution in [0.25, 0.3) is 16.6 Å². The third-order valence-electron chi connectivity index (χ3n) is 7.22. The van der Waals surface area contributed by atoms with Crippen LogP contribution < -0.4 is 10.2 Å². The molecule has 0 bridgehead atoms. The van der Waals surface area contributed by atoms with Gasteiger partial charge in [0.25, 0.3) is 0 Å². The molecule has 0 aliphatic carbocycles. The number of aryl methyl sites for hydroxylation is 1. The van der Waals surface area contributed by atoms with Crippen molar-refractivity contribution in [3.63, 3.8) is 0 Å². The lowest BCUT2D eigenvalue weighted by Crippen LogP contribution is -2.40. The Morgan fingerprint density at radius 2 is 2.09 bits per heavy atom. The summed E-state index contributed by atoms with van der Waals surface area (Å²) >= 11 is 0. The Hall–Kier alpha value is -2.97. The van der Waals surface area contributed by atoms with E-state index < -0.39 is 0 Å². The number of piperidine rings is 1. The number of rotatable bonds is 8. The fourth-order valence-electron chi connectivity index (χ4n) is 5.07. The van der Waals surface area contributed by atoms with Gasteiger partial charge >= 0.3 is 0 Å². The first-order chi connectivity index (χ1) is 16.5. The molecule has 2 fully saturated rings. The summed E-state index contributed by atoms with van der Waals surface area (Å²) < 4.78 is 12.6. The molecule has 2 aromatic heterocycles. The monoisotopic (exact) mass is 462 g/mol. The number of methoxy groups -OCH3 is 1. The van der Waals surface area contributed by atoms with E-state index in [-0.39, 0.29) is 0 Å². The number of hydrogen-bond donors (Lipinski definition) is 1. The number of nitrogens with zero attached hydrogens (tertiary/aromatic N) is 5. The molecule has 3 aromatic rings. The highest BCUT2D eigenvalue weighted by atomic mass is 16.5. The van der Waals surface area contributed by atoms with Gasteiger partial charge in [-0.25, -0.2) is 14.6 Å². The van der Waals surface area contributed by atoms with E-state index in [1.165, 1.54) is 30.5 Å². The highest BCUT2D eigenvalue weighted by Crippen LogP contribution is 2.41. The third kappa shape index (κ3) is 4.79. The Morgan fingerprint density at radius 3 is 2.85 bits per heavy atom. The number of ether oxygens (including phenoxy) is 2. The zero-order chi connectivity index (χ0) is 23.5. The van der Waals surface area contributed by atoms with Crippen molar-refractivity contribution >= 4 is 33.9 Å². The summed E-state index contributed by atoms with van der Waals surface area (Å²) in [6, 6.07) is 4.40. The molecule has 0 atom stereocenters. The molecule has 0 amide bonds. The molecule has 0 saturated carbocycles. The average molecular weight is 463 g/mol. The van der Waals surface area contributed by atoms with Crippen LogP contribution in [0.15, 0.2) is 37.3 Å². The summed E-state index contributed by atoms with van der Waals surface area (Å²) in [7, 11) is 1.71. The lowest BCUT2D eigenvalue weighted by atomic mass is 9.78. The first-order valence-corrected chi connectivity index (χ1v) is 12.1. The summed E-state index contributed by atoms with van der Waals surface area (Å²) in [6.45, 7) is 11.0. The van der Waals surface area contributed by atoms with Crippen LogP contribution in [0.3, 0.4) is 0 Å². The van der Waals surface area contributed by atoms with Crippen molar-refractivity contribution in [2.24, 2.45) is 5.41 Å². The average Bonchev–Trinajstić information content (AvgIpc) is 3.50. The van der Waals surface area contributed by atoms with Gasteiger partial charge in [0.1, 0.15) is 0 Å². The van der Waals surface area contributed by atoms with Crippen molar-refractivity contribution in [2.45, 2.75) is 39.0 Å². The molecule has 8 heteroatoms. The van der Waals surface area contributed by atoms with E-state index in [9.17, 15) is 0 Å². The van der Waals surface area contributed by atoms with Crippen LogP contribution in [0.1, 0.15) is 37.7 Å². The summed E-state index contributed by atoms with van der Waals surface area (Å²) in [5.74, 6) is 0.563. The van der Waals surface area contributed by atoms with Crippen molar-refractivity contribution in [1.29, 1.82) is 0 Å². The van der Waals surface area contributed by atoms with Gasteiger partial charge < -0.3 is 19.7 Å². The number of allylic oxidation sites excluding steroid dienone is 1. The minimum Gasteiger partial charge on any atom is -0.385 e. The molecule has 1 N–H and O–H groups in total. The molecule has 1 aromatic carbocycles. The zero-order valence-electron chi connectivity index (χ0n) is 20.2. The van der Waals surface area contributed by atoms with Gasteiger partial charge in [-0.3, -0.25) is 0 Å². The molecule has 34 heavy (non-hydrogen) atoms. The molecule has 1 spiro atoms. The van der Waals surface area contributed by atoms with Gasteiger partial charge in [-0.2, -0.15) is 5.10 Å². The summed E-state index contributed by atoms with van der Waals surface area (Å²) in [5, 5.41) is 8.75. The topological polar surface area (TPSA) is 77.3 Å². The van der Waals surface area contributed by atoms with Crippen LogP contribution in [0, 0.1) is 12.3 Å². The van der Waals surface area contributed by atoms with Crippen LogP contribution in [-0.4, -0.2) is 59.8 Å². The fraction of sp³-hybridized carbons (Fsp3) is 0.500. The normalized spacial score (nSPS) is 17.5. The zero-order valence-corrected chi connectivity index (χ0v) is 20.2. The minimum absolute atomic E-state index is 0.403. The summed E-state index contributed by atoms with van der Waals surface area (Å²) in [6.07, 6.45) is 10.9. The van der Waals surface area contributed by atoms with E-state index in [1.54, 1.807) is 18.0 Å². The summed E-state index contributed by atoms with van der Waals surface area (Å²) in [4.78, 5) is 11.8. The van der Waals surface area contributed by atoms with Crippen molar-refractivity contribution in [3.05, 3.63) is 42.9 Å². The lowest BCUT2D eigenvalue weighted by molar-refractivity contribution is 0.134. The van der Waals surface area contributed by atoms with Crippen molar-refractivity contribution in [3.8, 4) is 0 Å². The first kappa shape index (κ1) is 22.8. The Bertz CT molecular complexity index is 1160. The number of aromatic nitrogens is 4. The number of anilines is 3. The second-order valence-corrected chi connectivity index (χ2v) is 9.64. The number of benzene rings is 1. The number of nitrogens with one attached hydrogen (secondary N) is 1. The van der Waals surface area contributed by atoms with E-state index in [0.29, 0.717) is 18.0 Å². The van der Waals surface area contributed by atoms with Gasteiger partial charge in [-0.05, 0) is 62.1 Å². The molecular weight excluding hydrogens is 428 g/mol. The fourth-order valence-corrected chi connectivity index (χ4v) is 5.07. The predicted octanol–water partition coefficient (Wildman–Crippen LogP) is 4.78. The Balaban J connectivity index is 1.29. The number of fused-ring (bicyclic) bond motifs is 1. The van der Waals surface area contributed by atoms with Gasteiger partial charge in [0, 0.05) is 56.4 Å². The maximum atomic E-state index is 5.70. The Kier molecular flexibility index (Phi) is 6.52. The second-order valence-electron chi connectivity index (χ2n) is 9.64. The van der Waals surface area contributed by atoms with Gasteiger partial charge in [0.15, 0.2) is 0 Å². The van der Waals surface area contributed by atoms with Gasteiger partial charge in [0.2, 0.25) is 5.95 Å². The lowest BCUT2D eigenvalue weighted by Gasteiger charge is -2.40. The SMILES string of the molecule is C=C(CCCOC)n1cc(Nc2ncc3cc(C)c(N4CCC5(CCOC5)CC4)cc3n2)cn1. The van der Waals surface area contributed by atoms with E-state index >= 15 is 0 Å². The maximum absolute atomic E-state index is 5.70. The van der Waals surface area contributed by atoms with E-state index in [1.807, 2.05) is 12.4 Å². The Labute approximate surface area is 201 Å². The highest BCUT2D eigenvalue weighted by Gasteiger charge is 2.38. The van der Waals surface area contributed by atoms with Crippen molar-refractivity contribution < 1.29 is 9.47 Å². The minimum atomic E-state index is 0.403. The van der Waals surface area contributed by atoms with Gasteiger partial charge in [-0.1, -0.05) is 6.58 Å². The molecule has 180 valence electrons. The van der Waals surface area contributed by atoms with Crippen molar-refractivity contribution in [2.75, 3.05) is 50.2 Å². The molecule has 0 radical (unpaired) electrons. The largest absolute Gasteiger partial charge is 0.385 e. The maximum Gasteiger partial charge on any atom is 0.227 e. The van der Waals surface area contributed by atoms with Crippen LogP contribution in [0.4, 0.5) is 17.3 Å². The van der Waals surface area contributed by atoms with Crippen LogP contribution in [0.5, 0.6) is 0 Å². The first-order valence-electron chi connectivity index (χ1n) is 12.1. The van der Waals surface area contributed by atoms with E-state index in [4.69, 9.17) is 14.5 Å². The second kappa shape index (κ2) is 9.72. The van der Waals surface area contributed by atoms with Crippen LogP contribution >= 0.6 is 0 Å². The quantitative estimate of drug-likeness (QED) is 0.483. The summed E-state index contributed by atoms with van der Waals surface area (Å²) in [5.41, 5.74) is 5.64. The third-order valence-corrected chi connectivity index (χ3v) is 7.22. The molecule has 2 saturated heterocycles. The molecule has 2 aliphatic heterocycles. The molecular formula is C26H34N6O2. The molecule has 0 unspecified atom stereocenters.